The van der Waals surface area contributed by atoms with E-state index in [4.69, 9.17) is 4.98 Å². The van der Waals surface area contributed by atoms with Crippen LogP contribution in [-0.4, -0.2) is 73.6 Å². The van der Waals surface area contributed by atoms with Crippen LogP contribution in [0.25, 0.3) is 0 Å². The predicted molar refractivity (Wildman–Crippen MR) is 144 cm³/mol. The quantitative estimate of drug-likeness (QED) is 0.207. The molecule has 0 saturated carbocycles. The van der Waals surface area contributed by atoms with Crippen molar-refractivity contribution in [2.45, 2.75) is 64.8 Å². The first-order valence-electron chi connectivity index (χ1n) is 12.1. The molecule has 2 saturated heterocycles. The number of hydrogen-bond donors (Lipinski definition) is 2. The fourth-order valence-corrected chi connectivity index (χ4v) is 5.23. The molecule has 0 amide bonds. The van der Waals surface area contributed by atoms with Gasteiger partial charge in [-0.2, -0.15) is 0 Å². The van der Waals surface area contributed by atoms with Crippen LogP contribution in [0, 0.1) is 5.92 Å². The largest absolute Gasteiger partial charge is 0.356 e. The van der Waals surface area contributed by atoms with Gasteiger partial charge in [0.05, 0.1) is 10.7 Å². The third kappa shape index (κ3) is 9.92. The highest BCUT2D eigenvalue weighted by molar-refractivity contribution is 14.0. The summed E-state index contributed by atoms with van der Waals surface area (Å²) in [7, 11) is 1.88. The van der Waals surface area contributed by atoms with Gasteiger partial charge in [0, 0.05) is 32.1 Å². The molecule has 0 radical (unpaired) electrons. The Hall–Kier alpha value is -0.450. The highest BCUT2D eigenvalue weighted by atomic mass is 127. The zero-order chi connectivity index (χ0) is 21.0. The molecule has 2 aliphatic rings. The van der Waals surface area contributed by atoms with Crippen LogP contribution in [0.2, 0.25) is 0 Å². The van der Waals surface area contributed by atoms with E-state index < -0.39 is 0 Å². The molecule has 8 heteroatoms. The SMILES string of the molecule is CCc1nc(CN2CCC(CNC(=NC)NCCCN3CCCCCC3)CC2)cs1.I. The minimum atomic E-state index is 0. The molecule has 1 aromatic rings. The van der Waals surface area contributed by atoms with Gasteiger partial charge in [0.25, 0.3) is 0 Å². The second kappa shape index (κ2) is 15.4. The Labute approximate surface area is 210 Å². The number of nitrogens with one attached hydrogen (secondary N) is 2. The Morgan fingerprint density at radius 2 is 1.84 bits per heavy atom. The van der Waals surface area contributed by atoms with Gasteiger partial charge in [-0.1, -0.05) is 19.8 Å². The van der Waals surface area contributed by atoms with Crippen LogP contribution in [-0.2, 0) is 13.0 Å². The number of thiazole rings is 1. The monoisotopic (exact) mass is 562 g/mol. The van der Waals surface area contributed by atoms with Gasteiger partial charge in [-0.3, -0.25) is 9.89 Å². The molecule has 0 bridgehead atoms. The molecule has 0 aromatic carbocycles. The number of likely N-dealkylation sites (tertiary alicyclic amines) is 2. The normalized spacial score (nSPS) is 19.6. The predicted octanol–water partition coefficient (Wildman–Crippen LogP) is 3.97. The van der Waals surface area contributed by atoms with Crippen LogP contribution in [0.1, 0.15) is 62.6 Å². The first-order valence-corrected chi connectivity index (χ1v) is 13.0. The van der Waals surface area contributed by atoms with E-state index in [2.05, 4.69) is 37.7 Å². The van der Waals surface area contributed by atoms with E-state index in [-0.39, 0.29) is 24.0 Å². The lowest BCUT2D eigenvalue weighted by Gasteiger charge is -2.31. The van der Waals surface area contributed by atoms with Gasteiger partial charge in [-0.25, -0.2) is 4.98 Å². The smallest absolute Gasteiger partial charge is 0.190 e. The Bertz CT molecular complexity index is 621. The Morgan fingerprint density at radius 1 is 1.10 bits per heavy atom. The zero-order valence-electron chi connectivity index (χ0n) is 19.6. The number of hydrogen-bond acceptors (Lipinski definition) is 5. The van der Waals surface area contributed by atoms with Gasteiger partial charge in [0.2, 0.25) is 0 Å². The summed E-state index contributed by atoms with van der Waals surface area (Å²) in [5.41, 5.74) is 1.25. The summed E-state index contributed by atoms with van der Waals surface area (Å²) in [6.45, 7) is 11.3. The molecule has 3 rings (SSSR count). The minimum absolute atomic E-state index is 0. The number of piperidine rings is 1. The maximum atomic E-state index is 4.72. The molecule has 0 spiro atoms. The van der Waals surface area contributed by atoms with Gasteiger partial charge >= 0.3 is 0 Å². The number of aryl methyl sites for hydroxylation is 1. The maximum Gasteiger partial charge on any atom is 0.190 e. The van der Waals surface area contributed by atoms with Crippen molar-refractivity contribution in [1.29, 1.82) is 0 Å². The molecule has 178 valence electrons. The van der Waals surface area contributed by atoms with Crippen LogP contribution in [0.4, 0.5) is 0 Å². The fourth-order valence-electron chi connectivity index (χ4n) is 4.49. The van der Waals surface area contributed by atoms with Crippen molar-refractivity contribution in [3.05, 3.63) is 16.1 Å². The first kappa shape index (κ1) is 26.8. The Morgan fingerprint density at radius 3 is 2.48 bits per heavy atom. The summed E-state index contributed by atoms with van der Waals surface area (Å²) < 4.78 is 0. The second-order valence-electron chi connectivity index (χ2n) is 8.79. The molecule has 0 atom stereocenters. The van der Waals surface area contributed by atoms with E-state index in [0.717, 1.165) is 37.9 Å². The second-order valence-corrected chi connectivity index (χ2v) is 9.74. The molecular formula is C23H43IN6S. The molecule has 2 N–H and O–H groups in total. The maximum absolute atomic E-state index is 4.72. The van der Waals surface area contributed by atoms with Crippen molar-refractivity contribution in [1.82, 2.24) is 25.4 Å². The minimum Gasteiger partial charge on any atom is -0.356 e. The summed E-state index contributed by atoms with van der Waals surface area (Å²) in [6, 6.07) is 0. The van der Waals surface area contributed by atoms with E-state index in [1.54, 1.807) is 11.3 Å². The van der Waals surface area contributed by atoms with E-state index >= 15 is 0 Å². The van der Waals surface area contributed by atoms with Crippen molar-refractivity contribution >= 4 is 41.3 Å². The molecule has 3 heterocycles. The third-order valence-corrected chi connectivity index (χ3v) is 7.46. The molecular weight excluding hydrogens is 519 g/mol. The Balaban J connectivity index is 0.00000341. The van der Waals surface area contributed by atoms with Gasteiger partial charge in [-0.05, 0) is 77.2 Å². The van der Waals surface area contributed by atoms with E-state index in [1.807, 2.05) is 7.05 Å². The molecule has 2 fully saturated rings. The summed E-state index contributed by atoms with van der Waals surface area (Å²) in [6.07, 6.45) is 10.3. The van der Waals surface area contributed by atoms with Gasteiger partial charge in [0.15, 0.2) is 5.96 Å². The standard InChI is InChI=1S/C23H42N6S.HI/c1-3-22-27-21(19-30-22)18-29-15-9-20(10-16-29)17-26-23(24-2)25-11-8-14-28-12-6-4-5-7-13-28;/h19-20H,3-18H2,1-2H3,(H2,24,25,26);1H. The number of guanidine groups is 1. The molecule has 31 heavy (non-hydrogen) atoms. The molecule has 0 unspecified atom stereocenters. The lowest BCUT2D eigenvalue weighted by atomic mass is 9.97. The van der Waals surface area contributed by atoms with Crippen molar-refractivity contribution in [2.24, 2.45) is 10.9 Å². The van der Waals surface area contributed by atoms with Gasteiger partial charge in [0.1, 0.15) is 0 Å². The number of nitrogens with zero attached hydrogens (tertiary/aromatic N) is 4. The van der Waals surface area contributed by atoms with E-state index in [1.165, 1.54) is 88.4 Å². The lowest BCUT2D eigenvalue weighted by molar-refractivity contribution is 0.176. The average Bonchev–Trinajstić information content (AvgIpc) is 3.07. The number of aromatic nitrogens is 1. The van der Waals surface area contributed by atoms with Gasteiger partial charge in [-0.15, -0.1) is 35.3 Å². The van der Waals surface area contributed by atoms with Crippen molar-refractivity contribution in [2.75, 3.05) is 52.9 Å². The van der Waals surface area contributed by atoms with E-state index in [9.17, 15) is 0 Å². The third-order valence-electron chi connectivity index (χ3n) is 6.42. The van der Waals surface area contributed by atoms with Crippen molar-refractivity contribution in [3.8, 4) is 0 Å². The van der Waals surface area contributed by atoms with E-state index in [0.29, 0.717) is 0 Å². The summed E-state index contributed by atoms with van der Waals surface area (Å²) in [5, 5.41) is 10.6. The van der Waals surface area contributed by atoms with Crippen LogP contribution < -0.4 is 10.6 Å². The van der Waals surface area contributed by atoms with Crippen molar-refractivity contribution < 1.29 is 0 Å². The average molecular weight is 563 g/mol. The number of halogens is 1. The molecule has 2 aliphatic heterocycles. The first-order chi connectivity index (χ1) is 14.8. The zero-order valence-corrected chi connectivity index (χ0v) is 22.7. The fraction of sp³-hybridized carbons (Fsp3) is 0.826. The number of aliphatic imine (C=N–C) groups is 1. The summed E-state index contributed by atoms with van der Waals surface area (Å²) in [4.78, 5) is 14.3. The summed E-state index contributed by atoms with van der Waals surface area (Å²) >= 11 is 1.80. The van der Waals surface area contributed by atoms with Crippen LogP contribution in [0.5, 0.6) is 0 Å². The van der Waals surface area contributed by atoms with Crippen LogP contribution in [0.3, 0.4) is 0 Å². The topological polar surface area (TPSA) is 55.8 Å². The van der Waals surface area contributed by atoms with Crippen molar-refractivity contribution in [3.63, 3.8) is 0 Å². The lowest BCUT2D eigenvalue weighted by Crippen LogP contribution is -2.43. The number of rotatable bonds is 9. The highest BCUT2D eigenvalue weighted by Crippen LogP contribution is 2.19. The molecule has 6 nitrogen and oxygen atoms in total. The summed E-state index contributed by atoms with van der Waals surface area (Å²) in [5.74, 6) is 1.70. The van der Waals surface area contributed by atoms with Gasteiger partial charge < -0.3 is 15.5 Å². The highest BCUT2D eigenvalue weighted by Gasteiger charge is 2.20. The van der Waals surface area contributed by atoms with Crippen LogP contribution in [0.15, 0.2) is 10.4 Å². The Kier molecular flexibility index (Phi) is 13.3. The molecule has 1 aromatic heterocycles. The van der Waals surface area contributed by atoms with Crippen LogP contribution >= 0.6 is 35.3 Å². The molecule has 0 aliphatic carbocycles.